The summed E-state index contributed by atoms with van der Waals surface area (Å²) in [6.45, 7) is 7.63. The molecular weight excluding hydrogens is 392 g/mol. The zero-order valence-electron chi connectivity index (χ0n) is 18.2. The van der Waals surface area contributed by atoms with Crippen molar-refractivity contribution in [2.75, 3.05) is 31.1 Å². The van der Waals surface area contributed by atoms with Gasteiger partial charge in [-0.15, -0.1) is 0 Å². The smallest absolute Gasteiger partial charge is 0.254 e. The Morgan fingerprint density at radius 3 is 2.52 bits per heavy atom. The number of benzene rings is 2. The third kappa shape index (κ3) is 4.05. The van der Waals surface area contributed by atoms with Gasteiger partial charge < -0.3 is 20.0 Å². The van der Waals surface area contributed by atoms with Crippen LogP contribution >= 0.6 is 0 Å². The van der Waals surface area contributed by atoms with Crippen LogP contribution in [0.4, 0.5) is 5.82 Å². The fourth-order valence-electron chi connectivity index (χ4n) is 3.86. The van der Waals surface area contributed by atoms with Gasteiger partial charge in [0, 0.05) is 33.0 Å². The number of para-hydroxylation sites is 1. The molecule has 1 aromatic heterocycles. The standard InChI is InChI=1S/C24H28N4O3.H2/c1-4-24(3,31)23(30)28-13-11-27(12-14-28)22-17-10-9-16(2)15-19(17)25-21(26-22)18-7-5-6-8-20(18)29;/h5-10,15,29,31H,4,11-14H2,1-3H3;1H. The number of aryl methyl sites for hydroxylation is 1. The predicted molar refractivity (Wildman–Crippen MR) is 123 cm³/mol. The number of aromatic hydroxyl groups is 1. The maximum atomic E-state index is 12.6. The Bertz CT molecular complexity index is 1130. The largest absolute Gasteiger partial charge is 0.507 e. The third-order valence-electron chi connectivity index (χ3n) is 5.99. The Hall–Kier alpha value is -3.19. The first-order chi connectivity index (χ1) is 14.8. The third-order valence-corrected chi connectivity index (χ3v) is 5.99. The molecule has 0 spiro atoms. The van der Waals surface area contributed by atoms with E-state index in [1.807, 2.05) is 38.1 Å². The van der Waals surface area contributed by atoms with Gasteiger partial charge in [0.05, 0.1) is 11.1 Å². The van der Waals surface area contributed by atoms with Crippen molar-refractivity contribution in [1.29, 1.82) is 0 Å². The number of phenols is 1. The van der Waals surface area contributed by atoms with E-state index in [-0.39, 0.29) is 13.1 Å². The minimum Gasteiger partial charge on any atom is -0.507 e. The van der Waals surface area contributed by atoms with Gasteiger partial charge in [0.2, 0.25) is 0 Å². The summed E-state index contributed by atoms with van der Waals surface area (Å²) < 4.78 is 0. The first-order valence-corrected chi connectivity index (χ1v) is 10.6. The fraction of sp³-hybridized carbons (Fsp3) is 0.375. The number of anilines is 1. The van der Waals surface area contributed by atoms with Crippen LogP contribution in [0, 0.1) is 6.92 Å². The van der Waals surface area contributed by atoms with E-state index in [1.165, 1.54) is 0 Å². The van der Waals surface area contributed by atoms with Crippen LogP contribution < -0.4 is 4.90 Å². The van der Waals surface area contributed by atoms with Gasteiger partial charge in [-0.25, -0.2) is 9.97 Å². The lowest BCUT2D eigenvalue weighted by Gasteiger charge is -2.38. The van der Waals surface area contributed by atoms with Crippen LogP contribution in [-0.2, 0) is 4.79 Å². The molecule has 0 aliphatic carbocycles. The number of rotatable bonds is 4. The molecule has 1 aliphatic rings. The van der Waals surface area contributed by atoms with Crippen LogP contribution in [0.3, 0.4) is 0 Å². The molecule has 1 fully saturated rings. The molecule has 1 aliphatic heterocycles. The second-order valence-electron chi connectivity index (χ2n) is 8.32. The molecule has 2 aromatic carbocycles. The van der Waals surface area contributed by atoms with Crippen molar-refractivity contribution in [1.82, 2.24) is 14.9 Å². The summed E-state index contributed by atoms with van der Waals surface area (Å²) in [6, 6.07) is 13.1. The molecule has 31 heavy (non-hydrogen) atoms. The molecule has 0 radical (unpaired) electrons. The van der Waals surface area contributed by atoms with Crippen LogP contribution in [0.2, 0.25) is 0 Å². The Morgan fingerprint density at radius 1 is 1.13 bits per heavy atom. The highest BCUT2D eigenvalue weighted by molar-refractivity contribution is 5.92. The van der Waals surface area contributed by atoms with Gasteiger partial charge in [-0.3, -0.25) is 4.79 Å². The lowest BCUT2D eigenvalue weighted by molar-refractivity contribution is -0.150. The minimum absolute atomic E-state index is 0. The Kier molecular flexibility index (Phi) is 5.54. The number of fused-ring (bicyclic) bond motifs is 1. The van der Waals surface area contributed by atoms with Crippen molar-refractivity contribution in [3.8, 4) is 17.1 Å². The number of carbonyl (C=O) groups excluding carboxylic acids is 1. The summed E-state index contributed by atoms with van der Waals surface area (Å²) in [5.41, 5.74) is 1.16. The first-order valence-electron chi connectivity index (χ1n) is 10.6. The zero-order valence-corrected chi connectivity index (χ0v) is 18.2. The van der Waals surface area contributed by atoms with Gasteiger partial charge >= 0.3 is 0 Å². The number of phenolic OH excluding ortho intramolecular Hbond substituents is 1. The number of aromatic nitrogens is 2. The van der Waals surface area contributed by atoms with Gasteiger partial charge in [-0.2, -0.15) is 0 Å². The Labute approximate surface area is 183 Å². The summed E-state index contributed by atoms with van der Waals surface area (Å²) in [4.78, 5) is 26.0. The van der Waals surface area contributed by atoms with Gasteiger partial charge in [0.15, 0.2) is 5.82 Å². The summed E-state index contributed by atoms with van der Waals surface area (Å²) in [5, 5.41) is 21.6. The lowest BCUT2D eigenvalue weighted by atomic mass is 10.0. The van der Waals surface area contributed by atoms with Crippen molar-refractivity contribution < 1.29 is 16.4 Å². The predicted octanol–water partition coefficient (Wildman–Crippen LogP) is 3.37. The lowest BCUT2D eigenvalue weighted by Crippen LogP contribution is -2.55. The second kappa shape index (κ2) is 8.15. The zero-order chi connectivity index (χ0) is 22.2. The van der Waals surface area contributed by atoms with E-state index in [4.69, 9.17) is 9.97 Å². The normalized spacial score (nSPS) is 16.4. The summed E-state index contributed by atoms with van der Waals surface area (Å²) in [6.07, 6.45) is 0.381. The average Bonchev–Trinajstić information content (AvgIpc) is 2.78. The summed E-state index contributed by atoms with van der Waals surface area (Å²) in [5.74, 6) is 1.17. The van der Waals surface area contributed by atoms with E-state index in [0.29, 0.717) is 44.0 Å². The highest BCUT2D eigenvalue weighted by Crippen LogP contribution is 2.32. The van der Waals surface area contributed by atoms with Gasteiger partial charge in [0.1, 0.15) is 17.2 Å². The highest BCUT2D eigenvalue weighted by Gasteiger charge is 2.34. The fourth-order valence-corrected chi connectivity index (χ4v) is 3.86. The number of piperazine rings is 1. The van der Waals surface area contributed by atoms with Crippen LogP contribution in [0.1, 0.15) is 27.3 Å². The number of hydrogen-bond acceptors (Lipinski definition) is 6. The van der Waals surface area contributed by atoms with Crippen molar-refractivity contribution in [3.63, 3.8) is 0 Å². The molecule has 7 nitrogen and oxygen atoms in total. The molecule has 1 unspecified atom stereocenters. The molecule has 1 saturated heterocycles. The Morgan fingerprint density at radius 2 is 1.84 bits per heavy atom. The monoisotopic (exact) mass is 422 g/mol. The van der Waals surface area contributed by atoms with E-state index in [0.717, 1.165) is 22.3 Å². The maximum Gasteiger partial charge on any atom is 0.254 e. The molecule has 3 aromatic rings. The van der Waals surface area contributed by atoms with E-state index >= 15 is 0 Å². The molecular formula is C24H30N4O3. The minimum atomic E-state index is -1.33. The average molecular weight is 423 g/mol. The maximum absolute atomic E-state index is 12.6. The number of amides is 1. The number of carbonyl (C=O) groups is 1. The number of nitrogens with zero attached hydrogens (tertiary/aromatic N) is 4. The molecule has 4 rings (SSSR count). The first kappa shape index (κ1) is 21.1. The van der Waals surface area contributed by atoms with Crippen molar-refractivity contribution >= 4 is 22.6 Å². The molecule has 164 valence electrons. The Balaban J connectivity index is 0.00000289. The molecule has 1 amide bonds. The van der Waals surface area contributed by atoms with Crippen LogP contribution in [0.15, 0.2) is 42.5 Å². The van der Waals surface area contributed by atoms with E-state index in [2.05, 4.69) is 4.90 Å². The number of aliphatic hydroxyl groups is 1. The molecule has 0 saturated carbocycles. The van der Waals surface area contributed by atoms with Crippen molar-refractivity contribution in [2.45, 2.75) is 32.8 Å². The van der Waals surface area contributed by atoms with Crippen molar-refractivity contribution in [2.24, 2.45) is 0 Å². The molecule has 2 heterocycles. The van der Waals surface area contributed by atoms with Crippen LogP contribution in [0.25, 0.3) is 22.3 Å². The van der Waals surface area contributed by atoms with Gasteiger partial charge in [-0.1, -0.05) is 25.1 Å². The quantitative estimate of drug-likeness (QED) is 0.670. The van der Waals surface area contributed by atoms with Crippen LogP contribution in [-0.4, -0.2) is 62.8 Å². The molecule has 2 N–H and O–H groups in total. The SMILES string of the molecule is CCC(C)(O)C(=O)N1CCN(c2nc(-c3ccccc3O)nc3cc(C)ccc23)CC1.[HH]. The topological polar surface area (TPSA) is 89.8 Å². The van der Waals surface area contributed by atoms with Crippen molar-refractivity contribution in [3.05, 3.63) is 48.0 Å². The second-order valence-corrected chi connectivity index (χ2v) is 8.32. The highest BCUT2D eigenvalue weighted by atomic mass is 16.3. The number of hydrogen-bond donors (Lipinski definition) is 2. The molecule has 0 bridgehead atoms. The van der Waals surface area contributed by atoms with Gasteiger partial charge in [0.25, 0.3) is 5.91 Å². The molecule has 7 heteroatoms. The summed E-state index contributed by atoms with van der Waals surface area (Å²) >= 11 is 0. The molecule has 1 atom stereocenters. The van der Waals surface area contributed by atoms with Gasteiger partial charge in [-0.05, 0) is 50.1 Å². The van der Waals surface area contributed by atoms with E-state index in [1.54, 1.807) is 30.0 Å². The summed E-state index contributed by atoms with van der Waals surface area (Å²) in [7, 11) is 0. The van der Waals surface area contributed by atoms with E-state index in [9.17, 15) is 15.0 Å². The van der Waals surface area contributed by atoms with Crippen LogP contribution in [0.5, 0.6) is 5.75 Å². The van der Waals surface area contributed by atoms with E-state index < -0.39 is 5.60 Å².